The number of benzene rings is 3. The molecule has 0 aliphatic carbocycles. The molecule has 0 heterocycles. The molecule has 8 heteroatoms. The summed E-state index contributed by atoms with van der Waals surface area (Å²) in [6, 6.07) is 20.8. The van der Waals surface area contributed by atoms with E-state index in [2.05, 4.69) is 61.8 Å². The average Bonchev–Trinajstić information content (AvgIpc) is 2.95. The molecule has 3 unspecified atom stereocenters. The summed E-state index contributed by atoms with van der Waals surface area (Å²) in [6.07, 6.45) is 1.15. The van der Waals surface area contributed by atoms with E-state index in [1.54, 1.807) is 12.1 Å². The van der Waals surface area contributed by atoms with E-state index >= 15 is 0 Å². The molecule has 3 aromatic rings. The fraction of sp³-hybridized carbons (Fsp3) is 0.364. The summed E-state index contributed by atoms with van der Waals surface area (Å²) in [5.41, 5.74) is 6.65. The number of hydrogen-bond donors (Lipinski definition) is 3. The first-order valence-corrected chi connectivity index (χ1v) is 14.0. The van der Waals surface area contributed by atoms with Crippen molar-refractivity contribution in [2.45, 2.75) is 59.4 Å². The highest BCUT2D eigenvalue weighted by Gasteiger charge is 2.21. The Kier molecular flexibility index (Phi) is 13.5. The van der Waals surface area contributed by atoms with E-state index in [1.165, 1.54) is 16.7 Å². The van der Waals surface area contributed by atoms with E-state index in [4.69, 9.17) is 4.74 Å². The second kappa shape index (κ2) is 16.5. The minimum Gasteiger partial charge on any atom is -0.484 e. The number of likely N-dealkylation sites (N-methyl/N-ethyl adjacent to an activating group) is 1. The fourth-order valence-corrected chi connectivity index (χ4v) is 4.62. The number of ether oxygens (including phenoxy) is 1. The van der Waals surface area contributed by atoms with Crippen LogP contribution in [0.4, 0.5) is 0 Å². The third kappa shape index (κ3) is 10.0. The van der Waals surface area contributed by atoms with Crippen molar-refractivity contribution in [3.63, 3.8) is 0 Å². The van der Waals surface area contributed by atoms with Gasteiger partial charge in [0.05, 0.1) is 0 Å². The van der Waals surface area contributed by atoms with Crippen LogP contribution in [0.1, 0.15) is 71.3 Å². The van der Waals surface area contributed by atoms with Crippen LogP contribution in [0.5, 0.6) is 5.75 Å². The van der Waals surface area contributed by atoms with E-state index in [-0.39, 0.29) is 47.2 Å². The van der Waals surface area contributed by atoms with Gasteiger partial charge in [0, 0.05) is 24.6 Å². The highest BCUT2D eigenvalue weighted by atomic mass is 31.0. The smallest absolute Gasteiger partial charge is 0.258 e. The molecule has 0 aliphatic rings. The van der Waals surface area contributed by atoms with E-state index < -0.39 is 11.9 Å². The third-order valence-electron chi connectivity index (χ3n) is 6.99. The minimum atomic E-state index is -0.792. The number of aryl methyl sites for hydroxylation is 3. The van der Waals surface area contributed by atoms with Gasteiger partial charge in [-0.05, 0) is 80.1 Å². The first-order chi connectivity index (χ1) is 19.2. The zero-order valence-electron chi connectivity index (χ0n) is 24.9. The molecule has 0 radical (unpaired) electrons. The predicted molar refractivity (Wildman–Crippen MR) is 170 cm³/mol. The molecular formula is C33H44N3O4P. The molecule has 0 saturated carbocycles. The van der Waals surface area contributed by atoms with Crippen LogP contribution in [0, 0.1) is 13.8 Å². The lowest BCUT2D eigenvalue weighted by molar-refractivity contribution is -0.130. The maximum absolute atomic E-state index is 12.6. The normalized spacial score (nSPS) is 11.9. The molecule has 0 spiro atoms. The predicted octanol–water partition coefficient (Wildman–Crippen LogP) is 4.90. The molecule has 220 valence electrons. The number of carbonyl (C=O) groups excluding carboxylic acids is 3. The summed E-state index contributed by atoms with van der Waals surface area (Å²) in [4.78, 5) is 37.6. The quantitative estimate of drug-likeness (QED) is 0.252. The summed E-state index contributed by atoms with van der Waals surface area (Å²) >= 11 is 0. The van der Waals surface area contributed by atoms with Crippen LogP contribution in [0.15, 0.2) is 66.7 Å². The Labute approximate surface area is 247 Å². The van der Waals surface area contributed by atoms with Gasteiger partial charge < -0.3 is 20.7 Å². The van der Waals surface area contributed by atoms with E-state index in [9.17, 15) is 14.4 Å². The Hall–Kier alpha value is -3.70. The van der Waals surface area contributed by atoms with Gasteiger partial charge in [0.25, 0.3) is 11.8 Å². The molecular weight excluding hydrogens is 533 g/mol. The molecule has 0 fully saturated rings. The number of carbonyl (C=O) groups is 3. The lowest BCUT2D eigenvalue weighted by Crippen LogP contribution is -2.49. The van der Waals surface area contributed by atoms with Gasteiger partial charge >= 0.3 is 0 Å². The summed E-state index contributed by atoms with van der Waals surface area (Å²) in [6.45, 7) is 10.7. The van der Waals surface area contributed by atoms with Crippen LogP contribution in [0.2, 0.25) is 0 Å². The maximum atomic E-state index is 12.6. The molecule has 3 amide bonds. The zero-order chi connectivity index (χ0) is 29.1. The van der Waals surface area contributed by atoms with Gasteiger partial charge in [0.1, 0.15) is 11.8 Å². The third-order valence-corrected chi connectivity index (χ3v) is 6.99. The number of nitrogens with one attached hydrogen (secondary N) is 3. The molecule has 7 nitrogen and oxygen atoms in total. The Morgan fingerprint density at radius 2 is 1.56 bits per heavy atom. The van der Waals surface area contributed by atoms with Crippen molar-refractivity contribution in [2.75, 3.05) is 19.7 Å². The molecule has 3 N–H and O–H groups in total. The lowest BCUT2D eigenvalue weighted by atomic mass is 9.89. The molecule has 0 aromatic heterocycles. The second-order valence-electron chi connectivity index (χ2n) is 10.0. The Balaban J connectivity index is 0.00000588. The van der Waals surface area contributed by atoms with Crippen molar-refractivity contribution in [2.24, 2.45) is 0 Å². The lowest BCUT2D eigenvalue weighted by Gasteiger charge is -2.19. The highest BCUT2D eigenvalue weighted by Crippen LogP contribution is 2.28. The summed E-state index contributed by atoms with van der Waals surface area (Å²) in [7, 11) is 0. The molecule has 3 rings (SSSR count). The molecule has 3 aromatic carbocycles. The second-order valence-corrected chi connectivity index (χ2v) is 10.0. The zero-order valence-corrected chi connectivity index (χ0v) is 26.3. The van der Waals surface area contributed by atoms with Gasteiger partial charge in [0.2, 0.25) is 5.91 Å². The van der Waals surface area contributed by atoms with E-state index in [1.807, 2.05) is 43.3 Å². The van der Waals surface area contributed by atoms with Crippen molar-refractivity contribution in [1.29, 1.82) is 0 Å². The van der Waals surface area contributed by atoms with Gasteiger partial charge in [-0.1, -0.05) is 61.9 Å². The van der Waals surface area contributed by atoms with Crippen LogP contribution in [0.25, 0.3) is 0 Å². The van der Waals surface area contributed by atoms with Crippen molar-refractivity contribution in [3.05, 3.63) is 100 Å². The van der Waals surface area contributed by atoms with Gasteiger partial charge in [0.15, 0.2) is 6.61 Å². The van der Waals surface area contributed by atoms with E-state index in [0.29, 0.717) is 17.9 Å². The first kappa shape index (κ1) is 33.5. The Morgan fingerprint density at radius 3 is 2.17 bits per heavy atom. The largest absolute Gasteiger partial charge is 0.484 e. The van der Waals surface area contributed by atoms with Crippen molar-refractivity contribution in [1.82, 2.24) is 16.0 Å². The fourth-order valence-electron chi connectivity index (χ4n) is 4.62. The van der Waals surface area contributed by atoms with Gasteiger partial charge in [-0.2, -0.15) is 9.90 Å². The van der Waals surface area contributed by atoms with Crippen LogP contribution >= 0.6 is 9.90 Å². The van der Waals surface area contributed by atoms with Crippen molar-refractivity contribution < 1.29 is 19.1 Å². The van der Waals surface area contributed by atoms with Crippen LogP contribution in [-0.2, 0) is 16.0 Å². The summed E-state index contributed by atoms with van der Waals surface area (Å²) < 4.78 is 5.69. The molecule has 41 heavy (non-hydrogen) atoms. The summed E-state index contributed by atoms with van der Waals surface area (Å²) in [5.74, 6) is -0.135. The first-order valence-electron chi connectivity index (χ1n) is 14.0. The molecule has 0 saturated heterocycles. The number of hydrogen-bond acceptors (Lipinski definition) is 4. The topological polar surface area (TPSA) is 96.5 Å². The van der Waals surface area contributed by atoms with Gasteiger partial charge in [-0.3, -0.25) is 14.4 Å². The SMILES string of the molecule is CCNC(=O)C(CCNC(=O)c1ccc(CC)cc1)NC(=O)COc1ccc(C(C)c2ccc(C)cc2C)cc1.P. The van der Waals surface area contributed by atoms with E-state index in [0.717, 1.165) is 17.5 Å². The maximum Gasteiger partial charge on any atom is 0.258 e. The minimum absolute atomic E-state index is 0. The monoisotopic (exact) mass is 577 g/mol. The van der Waals surface area contributed by atoms with Crippen molar-refractivity contribution >= 4 is 27.6 Å². The Bertz CT molecular complexity index is 1290. The Morgan fingerprint density at radius 1 is 0.878 bits per heavy atom. The molecule has 3 atom stereocenters. The van der Waals surface area contributed by atoms with Crippen LogP contribution in [-0.4, -0.2) is 43.5 Å². The van der Waals surface area contributed by atoms with Crippen LogP contribution < -0.4 is 20.7 Å². The number of rotatable bonds is 13. The van der Waals surface area contributed by atoms with Crippen LogP contribution in [0.3, 0.4) is 0 Å². The summed E-state index contributed by atoms with van der Waals surface area (Å²) in [5, 5.41) is 8.30. The molecule has 0 aliphatic heterocycles. The number of amides is 3. The standard InChI is InChI=1S/C33H41N3O4.H3P/c1-6-25-9-11-27(12-10-25)32(38)35-19-18-30(33(39)34-7-2)36-31(37)21-40-28-15-13-26(14-16-28)24(5)29-17-8-22(3)20-23(29)4;/h8-17,20,24,30H,6-7,18-19,21H2,1-5H3,(H,34,39)(H,35,38)(H,36,37);1H3. The van der Waals surface area contributed by atoms with Crippen molar-refractivity contribution in [3.8, 4) is 5.75 Å². The van der Waals surface area contributed by atoms with Gasteiger partial charge in [-0.15, -0.1) is 0 Å². The van der Waals surface area contributed by atoms with Gasteiger partial charge in [-0.25, -0.2) is 0 Å². The average molecular weight is 578 g/mol. The highest BCUT2D eigenvalue weighted by molar-refractivity contribution is 6.92. The molecule has 0 bridgehead atoms.